The average molecular weight is 230 g/mol. The van der Waals surface area contributed by atoms with Crippen molar-refractivity contribution in [2.24, 2.45) is 0 Å². The maximum atomic E-state index is 11.3. The summed E-state index contributed by atoms with van der Waals surface area (Å²) in [5.41, 5.74) is 3.58. The number of carbonyl (C=O) groups is 1. The van der Waals surface area contributed by atoms with Crippen LogP contribution in [0.15, 0.2) is 30.3 Å². The molecule has 0 aliphatic rings. The fourth-order valence-corrected chi connectivity index (χ4v) is 1.74. The summed E-state index contributed by atoms with van der Waals surface area (Å²) < 4.78 is 0. The first-order valence-corrected chi connectivity index (χ1v) is 6.47. The summed E-state index contributed by atoms with van der Waals surface area (Å²) in [6.45, 7) is 6.09. The number of allylic oxidation sites excluding steroid dienone is 2. The van der Waals surface area contributed by atoms with E-state index in [9.17, 15) is 4.79 Å². The second-order valence-electron chi connectivity index (χ2n) is 4.45. The van der Waals surface area contributed by atoms with Crippen molar-refractivity contribution in [3.8, 4) is 0 Å². The molecule has 0 heterocycles. The largest absolute Gasteiger partial charge is 0.295 e. The molecule has 0 N–H and O–H groups in total. The number of benzene rings is 1. The Hall–Kier alpha value is -1.37. The van der Waals surface area contributed by atoms with Crippen LogP contribution in [0.3, 0.4) is 0 Å². The Morgan fingerprint density at radius 2 is 1.82 bits per heavy atom. The summed E-state index contributed by atoms with van der Waals surface area (Å²) >= 11 is 0. The molecule has 0 radical (unpaired) electrons. The molecule has 0 unspecified atom stereocenters. The Balaban J connectivity index is 2.73. The van der Waals surface area contributed by atoms with E-state index in [1.54, 1.807) is 6.08 Å². The molecule has 1 rings (SSSR count). The lowest BCUT2D eigenvalue weighted by atomic mass is 10.0. The minimum absolute atomic E-state index is 0.192. The zero-order valence-electron chi connectivity index (χ0n) is 11.1. The minimum Gasteiger partial charge on any atom is -0.295 e. The van der Waals surface area contributed by atoms with Gasteiger partial charge in [-0.2, -0.15) is 0 Å². The number of aryl methyl sites for hydroxylation is 1. The normalized spacial score (nSPS) is 11.6. The van der Waals surface area contributed by atoms with Crippen molar-refractivity contribution in [1.82, 2.24) is 0 Å². The molecule has 0 aliphatic carbocycles. The zero-order chi connectivity index (χ0) is 12.7. The number of hydrogen-bond donors (Lipinski definition) is 0. The summed E-state index contributed by atoms with van der Waals surface area (Å²) in [6, 6.07) is 8.55. The van der Waals surface area contributed by atoms with Gasteiger partial charge in [-0.05, 0) is 42.5 Å². The van der Waals surface area contributed by atoms with Crippen LogP contribution in [0.25, 0.3) is 5.57 Å². The van der Waals surface area contributed by atoms with Crippen molar-refractivity contribution in [2.45, 2.75) is 46.5 Å². The first kappa shape index (κ1) is 13.7. The molecule has 0 aliphatic heterocycles. The van der Waals surface area contributed by atoms with E-state index in [0.29, 0.717) is 6.42 Å². The van der Waals surface area contributed by atoms with Crippen LogP contribution in [0.2, 0.25) is 0 Å². The molecule has 1 aromatic carbocycles. The Labute approximate surface area is 105 Å². The molecular formula is C16H22O. The maximum Gasteiger partial charge on any atom is 0.155 e. The highest BCUT2D eigenvalue weighted by atomic mass is 16.1. The summed E-state index contributed by atoms with van der Waals surface area (Å²) in [6.07, 6.45) is 5.93. The Morgan fingerprint density at radius 1 is 1.18 bits per heavy atom. The van der Waals surface area contributed by atoms with Crippen LogP contribution < -0.4 is 0 Å². The van der Waals surface area contributed by atoms with Gasteiger partial charge in [-0.15, -0.1) is 0 Å². The molecule has 0 bridgehead atoms. The molecule has 0 atom stereocenters. The molecule has 0 aromatic heterocycles. The quantitative estimate of drug-likeness (QED) is 0.661. The van der Waals surface area contributed by atoms with Gasteiger partial charge >= 0.3 is 0 Å². The van der Waals surface area contributed by atoms with Crippen LogP contribution in [0.5, 0.6) is 0 Å². The molecule has 1 nitrogen and oxygen atoms in total. The van der Waals surface area contributed by atoms with E-state index in [2.05, 4.69) is 31.2 Å². The molecule has 0 fully saturated rings. The summed E-state index contributed by atoms with van der Waals surface area (Å²) in [7, 11) is 0. The maximum absolute atomic E-state index is 11.3. The van der Waals surface area contributed by atoms with Crippen molar-refractivity contribution in [1.29, 1.82) is 0 Å². The van der Waals surface area contributed by atoms with Crippen LogP contribution in [0.1, 0.15) is 51.2 Å². The van der Waals surface area contributed by atoms with Crippen molar-refractivity contribution in [2.75, 3.05) is 0 Å². The molecule has 0 spiro atoms. The Morgan fingerprint density at radius 3 is 2.35 bits per heavy atom. The lowest BCUT2D eigenvalue weighted by molar-refractivity contribution is -0.114. The molecular weight excluding hydrogens is 208 g/mol. The highest BCUT2D eigenvalue weighted by Crippen LogP contribution is 2.16. The van der Waals surface area contributed by atoms with Crippen molar-refractivity contribution < 1.29 is 4.79 Å². The van der Waals surface area contributed by atoms with Crippen LogP contribution in [-0.2, 0) is 11.2 Å². The molecule has 0 saturated heterocycles. The number of rotatable bonds is 6. The predicted molar refractivity (Wildman–Crippen MR) is 74.0 cm³/mol. The van der Waals surface area contributed by atoms with Gasteiger partial charge in [-0.3, -0.25) is 4.79 Å². The van der Waals surface area contributed by atoms with Gasteiger partial charge in [0.1, 0.15) is 0 Å². The van der Waals surface area contributed by atoms with Gasteiger partial charge in [-0.25, -0.2) is 0 Å². The third kappa shape index (κ3) is 4.56. The molecule has 1 aromatic rings. The Bertz CT molecular complexity index is 384. The van der Waals surface area contributed by atoms with Gasteiger partial charge in [0.2, 0.25) is 0 Å². The SMILES string of the molecule is CCCCc1ccc(/C(C)=C/C(=O)CC)cc1. The van der Waals surface area contributed by atoms with Gasteiger partial charge in [0.25, 0.3) is 0 Å². The van der Waals surface area contributed by atoms with E-state index in [1.807, 2.05) is 13.8 Å². The molecule has 0 amide bonds. The number of carbonyl (C=O) groups excluding carboxylic acids is 1. The van der Waals surface area contributed by atoms with Crippen LogP contribution >= 0.6 is 0 Å². The summed E-state index contributed by atoms with van der Waals surface area (Å²) in [4.78, 5) is 11.3. The zero-order valence-corrected chi connectivity index (χ0v) is 11.1. The van der Waals surface area contributed by atoms with Crippen molar-refractivity contribution >= 4 is 11.4 Å². The highest BCUT2D eigenvalue weighted by molar-refractivity contribution is 5.96. The van der Waals surface area contributed by atoms with Crippen LogP contribution in [0, 0.1) is 0 Å². The van der Waals surface area contributed by atoms with E-state index in [-0.39, 0.29) is 5.78 Å². The Kier molecular flexibility index (Phi) is 5.68. The van der Waals surface area contributed by atoms with E-state index in [0.717, 1.165) is 17.6 Å². The smallest absolute Gasteiger partial charge is 0.155 e. The van der Waals surface area contributed by atoms with E-state index in [4.69, 9.17) is 0 Å². The summed E-state index contributed by atoms with van der Waals surface area (Å²) in [5.74, 6) is 0.192. The average Bonchev–Trinajstić information content (AvgIpc) is 2.36. The van der Waals surface area contributed by atoms with Crippen molar-refractivity contribution in [3.05, 3.63) is 41.5 Å². The second-order valence-corrected chi connectivity index (χ2v) is 4.45. The van der Waals surface area contributed by atoms with Gasteiger partial charge in [-0.1, -0.05) is 44.5 Å². The number of hydrogen-bond acceptors (Lipinski definition) is 1. The lowest BCUT2D eigenvalue weighted by Gasteiger charge is -2.04. The third-order valence-corrected chi connectivity index (χ3v) is 2.95. The van der Waals surface area contributed by atoms with Crippen LogP contribution in [0.4, 0.5) is 0 Å². The third-order valence-electron chi connectivity index (χ3n) is 2.95. The second kappa shape index (κ2) is 7.05. The molecule has 92 valence electrons. The first-order chi connectivity index (χ1) is 8.17. The molecule has 17 heavy (non-hydrogen) atoms. The van der Waals surface area contributed by atoms with Gasteiger partial charge < -0.3 is 0 Å². The topological polar surface area (TPSA) is 17.1 Å². The lowest BCUT2D eigenvalue weighted by Crippen LogP contribution is -1.91. The van der Waals surface area contributed by atoms with E-state index < -0.39 is 0 Å². The van der Waals surface area contributed by atoms with Gasteiger partial charge in [0, 0.05) is 6.42 Å². The predicted octanol–water partition coefficient (Wildman–Crippen LogP) is 4.41. The first-order valence-electron chi connectivity index (χ1n) is 6.47. The monoisotopic (exact) mass is 230 g/mol. The van der Waals surface area contributed by atoms with E-state index in [1.165, 1.54) is 18.4 Å². The highest BCUT2D eigenvalue weighted by Gasteiger charge is 1.99. The van der Waals surface area contributed by atoms with Gasteiger partial charge in [0.15, 0.2) is 5.78 Å². The fourth-order valence-electron chi connectivity index (χ4n) is 1.74. The fraction of sp³-hybridized carbons (Fsp3) is 0.438. The van der Waals surface area contributed by atoms with Crippen LogP contribution in [-0.4, -0.2) is 5.78 Å². The standard InChI is InChI=1S/C16H22O/c1-4-6-7-14-8-10-15(11-9-14)13(3)12-16(17)5-2/h8-12H,4-7H2,1-3H3/b13-12+. The minimum atomic E-state index is 0.192. The molecule has 1 heteroatoms. The number of unbranched alkanes of at least 4 members (excludes halogenated alkanes) is 1. The molecule has 0 saturated carbocycles. The number of ketones is 1. The summed E-state index contributed by atoms with van der Waals surface area (Å²) in [5, 5.41) is 0. The van der Waals surface area contributed by atoms with Crippen molar-refractivity contribution in [3.63, 3.8) is 0 Å². The van der Waals surface area contributed by atoms with Gasteiger partial charge in [0.05, 0.1) is 0 Å². The van der Waals surface area contributed by atoms with E-state index >= 15 is 0 Å².